The highest BCUT2D eigenvalue weighted by atomic mass is 35.5. The molecule has 1 aromatic rings. The number of carbonyl (C=O) groups is 1. The van der Waals surface area contributed by atoms with Crippen molar-refractivity contribution >= 4 is 17.5 Å². The molecule has 4 nitrogen and oxygen atoms in total. The second-order valence-corrected chi connectivity index (χ2v) is 5.59. The summed E-state index contributed by atoms with van der Waals surface area (Å²) in [6.45, 7) is 5.40. The van der Waals surface area contributed by atoms with E-state index >= 15 is 0 Å². The number of carbonyl (C=O) groups excluding carboxylic acids is 1. The van der Waals surface area contributed by atoms with Gasteiger partial charge in [-0.25, -0.2) is 0 Å². The Morgan fingerprint density at radius 2 is 2.10 bits per heavy atom. The van der Waals surface area contributed by atoms with E-state index in [4.69, 9.17) is 21.1 Å². The molecule has 0 bridgehead atoms. The summed E-state index contributed by atoms with van der Waals surface area (Å²) in [5.41, 5.74) is 0.925. The molecule has 2 rings (SSSR count). The van der Waals surface area contributed by atoms with Crippen LogP contribution < -0.4 is 5.32 Å². The van der Waals surface area contributed by atoms with E-state index in [2.05, 4.69) is 5.32 Å². The molecular weight excluding hydrogens is 278 g/mol. The maximum atomic E-state index is 12.2. The highest BCUT2D eigenvalue weighted by Crippen LogP contribution is 2.28. The van der Waals surface area contributed by atoms with Crippen LogP contribution in [0.3, 0.4) is 0 Å². The molecule has 0 unspecified atom stereocenters. The van der Waals surface area contributed by atoms with E-state index in [9.17, 15) is 4.79 Å². The predicted octanol–water partition coefficient (Wildman–Crippen LogP) is 2.57. The maximum absolute atomic E-state index is 12.2. The Labute approximate surface area is 124 Å². The van der Waals surface area contributed by atoms with Crippen LogP contribution in [0.2, 0.25) is 5.02 Å². The van der Waals surface area contributed by atoms with Crippen molar-refractivity contribution in [3.8, 4) is 0 Å². The van der Waals surface area contributed by atoms with Crippen LogP contribution in [0.25, 0.3) is 0 Å². The Morgan fingerprint density at radius 3 is 2.70 bits per heavy atom. The Balaban J connectivity index is 2.10. The fraction of sp³-hybridized carbons (Fsp3) is 0.533. The molecule has 5 heteroatoms. The monoisotopic (exact) mass is 297 g/mol. The van der Waals surface area contributed by atoms with Gasteiger partial charge in [0.25, 0.3) is 5.91 Å². The Kier molecular flexibility index (Phi) is 5.40. The van der Waals surface area contributed by atoms with Crippen molar-refractivity contribution in [3.05, 3.63) is 34.9 Å². The summed E-state index contributed by atoms with van der Waals surface area (Å²) in [6, 6.07) is 7.43. The topological polar surface area (TPSA) is 47.6 Å². The lowest BCUT2D eigenvalue weighted by Gasteiger charge is -2.28. The van der Waals surface area contributed by atoms with Crippen LogP contribution in [-0.2, 0) is 14.3 Å². The van der Waals surface area contributed by atoms with Crippen LogP contribution in [0.5, 0.6) is 0 Å². The Hall–Kier alpha value is -1.10. The van der Waals surface area contributed by atoms with Gasteiger partial charge in [0, 0.05) is 5.02 Å². The fourth-order valence-corrected chi connectivity index (χ4v) is 2.47. The van der Waals surface area contributed by atoms with Gasteiger partial charge in [-0.1, -0.05) is 43.6 Å². The molecule has 1 aliphatic heterocycles. The van der Waals surface area contributed by atoms with Gasteiger partial charge in [0.1, 0.15) is 0 Å². The number of halogens is 1. The number of hydrogen-bond acceptors (Lipinski definition) is 3. The number of nitrogens with one attached hydrogen (secondary N) is 1. The number of ether oxygens (including phenoxy) is 2. The van der Waals surface area contributed by atoms with Gasteiger partial charge < -0.3 is 14.8 Å². The smallest absolute Gasteiger partial charge is 0.252 e. The molecule has 1 N–H and O–H groups in total. The minimum absolute atomic E-state index is 0.137. The van der Waals surface area contributed by atoms with E-state index < -0.39 is 6.10 Å². The highest BCUT2D eigenvalue weighted by molar-refractivity contribution is 6.31. The van der Waals surface area contributed by atoms with Crippen molar-refractivity contribution in [1.29, 1.82) is 0 Å². The van der Waals surface area contributed by atoms with Gasteiger partial charge in [-0.3, -0.25) is 4.79 Å². The zero-order valence-corrected chi connectivity index (χ0v) is 12.5. The molecule has 20 heavy (non-hydrogen) atoms. The summed E-state index contributed by atoms with van der Waals surface area (Å²) in [5.74, 6) is 0.0756. The first-order chi connectivity index (χ1) is 9.59. The molecule has 0 aliphatic carbocycles. The van der Waals surface area contributed by atoms with Gasteiger partial charge in [0.2, 0.25) is 0 Å². The first kappa shape index (κ1) is 15.3. The average Bonchev–Trinajstić information content (AvgIpc) is 2.46. The molecule has 1 aliphatic rings. The van der Waals surface area contributed by atoms with Gasteiger partial charge in [-0.2, -0.15) is 0 Å². The van der Waals surface area contributed by atoms with Crippen LogP contribution in [-0.4, -0.2) is 31.8 Å². The molecule has 0 radical (unpaired) electrons. The van der Waals surface area contributed by atoms with Gasteiger partial charge in [-0.15, -0.1) is 0 Å². The van der Waals surface area contributed by atoms with Crippen molar-refractivity contribution in [3.63, 3.8) is 0 Å². The van der Waals surface area contributed by atoms with Crippen LogP contribution in [0.1, 0.15) is 25.5 Å². The average molecular weight is 298 g/mol. The van der Waals surface area contributed by atoms with Crippen molar-refractivity contribution in [2.75, 3.05) is 19.8 Å². The van der Waals surface area contributed by atoms with Gasteiger partial charge >= 0.3 is 0 Å². The van der Waals surface area contributed by atoms with Crippen molar-refractivity contribution in [2.45, 2.75) is 26.0 Å². The lowest BCUT2D eigenvalue weighted by atomic mass is 9.95. The summed E-state index contributed by atoms with van der Waals surface area (Å²) in [7, 11) is 0. The summed E-state index contributed by atoms with van der Waals surface area (Å²) < 4.78 is 10.7. The zero-order chi connectivity index (χ0) is 14.5. The van der Waals surface area contributed by atoms with E-state index in [0.717, 1.165) is 5.56 Å². The fourth-order valence-electron chi connectivity index (χ4n) is 2.22. The minimum Gasteiger partial charge on any atom is -0.376 e. The van der Waals surface area contributed by atoms with E-state index in [1.165, 1.54) is 0 Å². The Morgan fingerprint density at radius 1 is 1.35 bits per heavy atom. The molecular formula is C15H20ClNO3. The van der Waals surface area contributed by atoms with E-state index in [1.54, 1.807) is 0 Å². The molecule has 1 heterocycles. The lowest BCUT2D eigenvalue weighted by Crippen LogP contribution is -2.45. The third kappa shape index (κ3) is 3.72. The molecule has 0 saturated carbocycles. The quantitative estimate of drug-likeness (QED) is 0.929. The number of hydrogen-bond donors (Lipinski definition) is 1. The molecule has 2 atom stereocenters. The summed E-state index contributed by atoms with van der Waals surface area (Å²) in [6.07, 6.45) is -0.535. The summed E-state index contributed by atoms with van der Waals surface area (Å²) >= 11 is 6.23. The second kappa shape index (κ2) is 7.07. The molecule has 110 valence electrons. The molecule has 1 saturated heterocycles. The van der Waals surface area contributed by atoms with Gasteiger partial charge in [0.05, 0.1) is 25.9 Å². The van der Waals surface area contributed by atoms with Gasteiger partial charge in [-0.05, 0) is 17.5 Å². The van der Waals surface area contributed by atoms with Crippen molar-refractivity contribution in [1.82, 2.24) is 5.32 Å². The normalized spacial score (nSPS) is 20.7. The number of rotatable bonds is 4. The SMILES string of the molecule is CC(C)[C@H](NC(=O)[C@@H]1COCCO1)c1ccccc1Cl. The zero-order valence-electron chi connectivity index (χ0n) is 11.8. The van der Waals surface area contributed by atoms with E-state index in [0.29, 0.717) is 24.8 Å². The summed E-state index contributed by atoms with van der Waals surface area (Å²) in [4.78, 5) is 12.2. The standard InChI is InChI=1S/C15H20ClNO3/c1-10(2)14(11-5-3-4-6-12(11)16)17-15(18)13-9-19-7-8-20-13/h3-6,10,13-14H,7-9H2,1-2H3,(H,17,18)/t13-,14-/m0/s1. The molecule has 1 amide bonds. The third-order valence-corrected chi connectivity index (χ3v) is 3.66. The summed E-state index contributed by atoms with van der Waals surface area (Å²) in [5, 5.41) is 3.67. The van der Waals surface area contributed by atoms with Crippen LogP contribution >= 0.6 is 11.6 Å². The first-order valence-corrected chi connectivity index (χ1v) is 7.21. The first-order valence-electron chi connectivity index (χ1n) is 6.83. The number of amides is 1. The van der Waals surface area contributed by atoms with Crippen molar-refractivity contribution < 1.29 is 14.3 Å². The van der Waals surface area contributed by atoms with Crippen LogP contribution in [0.4, 0.5) is 0 Å². The van der Waals surface area contributed by atoms with Crippen LogP contribution in [0.15, 0.2) is 24.3 Å². The molecule has 1 fully saturated rings. The third-order valence-electron chi connectivity index (χ3n) is 3.31. The van der Waals surface area contributed by atoms with E-state index in [1.807, 2.05) is 38.1 Å². The minimum atomic E-state index is -0.535. The van der Waals surface area contributed by atoms with E-state index in [-0.39, 0.29) is 17.9 Å². The highest BCUT2D eigenvalue weighted by Gasteiger charge is 2.27. The predicted molar refractivity (Wildman–Crippen MR) is 77.7 cm³/mol. The van der Waals surface area contributed by atoms with Gasteiger partial charge in [0.15, 0.2) is 6.10 Å². The maximum Gasteiger partial charge on any atom is 0.252 e. The second-order valence-electron chi connectivity index (χ2n) is 5.19. The molecule has 0 aromatic heterocycles. The van der Waals surface area contributed by atoms with Crippen LogP contribution in [0, 0.1) is 5.92 Å². The Bertz CT molecular complexity index is 458. The van der Waals surface area contributed by atoms with Crippen molar-refractivity contribution in [2.24, 2.45) is 5.92 Å². The molecule has 1 aromatic carbocycles. The number of benzene rings is 1. The lowest BCUT2D eigenvalue weighted by molar-refractivity contribution is -0.148. The molecule has 0 spiro atoms. The largest absolute Gasteiger partial charge is 0.376 e.